The zero-order valence-corrected chi connectivity index (χ0v) is 23.8. The number of hydrogen-bond acceptors (Lipinski definition) is 8. The number of likely N-dealkylation sites (tertiary alicyclic amines) is 1. The number of hydrogen-bond donors (Lipinski definition) is 2. The first-order chi connectivity index (χ1) is 19.0. The smallest absolute Gasteiger partial charge is 0.341 e. The van der Waals surface area contributed by atoms with Crippen LogP contribution in [-0.2, 0) is 30.7 Å². The molecule has 3 aromatic rings. The number of sulfone groups is 1. The molecule has 1 atom stereocenters. The van der Waals surface area contributed by atoms with Crippen molar-refractivity contribution in [1.82, 2.24) is 10.2 Å². The minimum absolute atomic E-state index is 0.134. The van der Waals surface area contributed by atoms with Crippen LogP contribution in [0.5, 0.6) is 0 Å². The number of halogens is 1. The molecule has 9 nitrogen and oxygen atoms in total. The normalized spacial score (nSPS) is 19.7. The molecular weight excluding hydrogens is 554 g/mol. The number of nitrogens with one attached hydrogen (secondary N) is 1. The number of aryl methyl sites for hydroxylation is 1. The largest absolute Gasteiger partial charge is 0.467 e. The molecule has 2 aliphatic rings. The van der Waals surface area contributed by atoms with Gasteiger partial charge in [0.05, 0.1) is 35.5 Å². The van der Waals surface area contributed by atoms with Gasteiger partial charge in [0, 0.05) is 23.4 Å². The summed E-state index contributed by atoms with van der Waals surface area (Å²) in [7, 11) is -3.40. The number of benzene rings is 2. The first-order valence-corrected chi connectivity index (χ1v) is 15.1. The summed E-state index contributed by atoms with van der Waals surface area (Å²) in [5.74, 6) is -0.0422. The molecule has 1 fully saturated rings. The molecule has 210 valence electrons. The van der Waals surface area contributed by atoms with Gasteiger partial charge in [0.1, 0.15) is 5.76 Å². The highest BCUT2D eigenvalue weighted by Gasteiger charge is 2.49. The lowest BCUT2D eigenvalue weighted by Crippen LogP contribution is -2.53. The maximum Gasteiger partial charge on any atom is 0.341 e. The summed E-state index contributed by atoms with van der Waals surface area (Å²) in [6, 6.07) is 13.6. The van der Waals surface area contributed by atoms with E-state index in [1.54, 1.807) is 42.7 Å². The van der Waals surface area contributed by atoms with Crippen LogP contribution in [0.4, 0.5) is 0 Å². The van der Waals surface area contributed by atoms with E-state index in [2.05, 4.69) is 5.32 Å². The molecule has 1 saturated heterocycles. The van der Waals surface area contributed by atoms with Crippen molar-refractivity contribution in [2.45, 2.75) is 36.8 Å². The summed E-state index contributed by atoms with van der Waals surface area (Å²) in [5.41, 5.74) is 8.77. The zero-order valence-electron chi connectivity index (χ0n) is 22.2. The van der Waals surface area contributed by atoms with E-state index in [1.807, 2.05) is 17.9 Å². The Morgan fingerprint density at radius 1 is 1.18 bits per heavy atom. The van der Waals surface area contributed by atoms with E-state index in [9.17, 15) is 18.0 Å². The fourth-order valence-corrected chi connectivity index (χ4v) is 6.29. The lowest BCUT2D eigenvalue weighted by atomic mass is 9.86. The van der Waals surface area contributed by atoms with E-state index < -0.39 is 21.4 Å². The van der Waals surface area contributed by atoms with Crippen LogP contribution in [0.1, 0.15) is 29.7 Å². The maximum absolute atomic E-state index is 13.2. The molecule has 0 radical (unpaired) electrons. The summed E-state index contributed by atoms with van der Waals surface area (Å²) in [4.78, 5) is 27.9. The lowest BCUT2D eigenvalue weighted by molar-refractivity contribution is -0.149. The predicted molar refractivity (Wildman–Crippen MR) is 151 cm³/mol. The molecule has 1 unspecified atom stereocenters. The molecule has 5 rings (SSSR count). The molecular formula is C29H30ClN3O6S. The second-order valence-corrected chi connectivity index (χ2v) is 12.7. The van der Waals surface area contributed by atoms with Gasteiger partial charge < -0.3 is 20.2 Å². The van der Waals surface area contributed by atoms with Gasteiger partial charge >= 0.3 is 5.97 Å². The highest BCUT2D eigenvalue weighted by atomic mass is 35.5. The molecule has 3 heterocycles. The summed E-state index contributed by atoms with van der Waals surface area (Å²) >= 11 is 6.68. The number of carbonyl (C=O) groups is 2. The topological polar surface area (TPSA) is 132 Å². The second kappa shape index (κ2) is 10.8. The van der Waals surface area contributed by atoms with Crippen molar-refractivity contribution in [3.63, 3.8) is 0 Å². The van der Waals surface area contributed by atoms with E-state index in [0.29, 0.717) is 65.6 Å². The quantitative estimate of drug-likeness (QED) is 0.403. The monoisotopic (exact) mass is 583 g/mol. The van der Waals surface area contributed by atoms with Crippen molar-refractivity contribution in [3.05, 3.63) is 82.4 Å². The van der Waals surface area contributed by atoms with Crippen molar-refractivity contribution in [1.29, 1.82) is 0 Å². The van der Waals surface area contributed by atoms with Gasteiger partial charge in [-0.25, -0.2) is 13.2 Å². The van der Waals surface area contributed by atoms with E-state index in [4.69, 9.17) is 26.5 Å². The number of carbonyl (C=O) groups excluding carboxylic acids is 2. The molecule has 0 aliphatic carbocycles. The minimum Gasteiger partial charge on any atom is -0.467 e. The second-order valence-electron chi connectivity index (χ2n) is 10.3. The molecule has 1 amide bonds. The van der Waals surface area contributed by atoms with Crippen LogP contribution in [-0.4, -0.2) is 56.7 Å². The third kappa shape index (κ3) is 5.52. The van der Waals surface area contributed by atoms with Crippen LogP contribution < -0.4 is 11.1 Å². The fourth-order valence-electron chi connectivity index (χ4n) is 5.35. The Balaban J connectivity index is 1.39. The molecule has 0 saturated carbocycles. The number of furan rings is 1. The number of nitrogens with zero attached hydrogens (tertiary/aromatic N) is 1. The van der Waals surface area contributed by atoms with Gasteiger partial charge in [-0.05, 0) is 79.4 Å². The molecule has 40 heavy (non-hydrogen) atoms. The van der Waals surface area contributed by atoms with Gasteiger partial charge in [-0.3, -0.25) is 9.69 Å². The molecule has 1 aromatic heterocycles. The van der Waals surface area contributed by atoms with Crippen LogP contribution >= 0.6 is 11.6 Å². The van der Waals surface area contributed by atoms with Gasteiger partial charge in [-0.1, -0.05) is 23.7 Å². The third-order valence-corrected chi connectivity index (χ3v) is 8.77. The van der Waals surface area contributed by atoms with E-state index in [-0.39, 0.29) is 22.9 Å². The Hall–Kier alpha value is -3.60. The summed E-state index contributed by atoms with van der Waals surface area (Å²) in [6.07, 6.45) is 3.94. The van der Waals surface area contributed by atoms with Crippen LogP contribution in [0.15, 0.2) is 69.8 Å². The zero-order chi connectivity index (χ0) is 28.7. The summed E-state index contributed by atoms with van der Waals surface area (Å²) in [5, 5.41) is 3.18. The Labute approximate surface area is 237 Å². The molecule has 3 N–H and O–H groups in total. The van der Waals surface area contributed by atoms with Gasteiger partial charge in [0.15, 0.2) is 15.4 Å². The summed E-state index contributed by atoms with van der Waals surface area (Å²) in [6.45, 7) is 3.23. The Kier molecular flexibility index (Phi) is 7.52. The predicted octanol–water partition coefficient (Wildman–Crippen LogP) is 3.69. The highest BCUT2D eigenvalue weighted by Crippen LogP contribution is 2.43. The lowest BCUT2D eigenvalue weighted by Gasteiger charge is -2.39. The average molecular weight is 584 g/mol. The van der Waals surface area contributed by atoms with Crippen molar-refractivity contribution >= 4 is 38.9 Å². The highest BCUT2D eigenvalue weighted by molar-refractivity contribution is 7.90. The minimum atomic E-state index is -3.40. The third-order valence-electron chi connectivity index (χ3n) is 7.35. The van der Waals surface area contributed by atoms with Crippen molar-refractivity contribution in [3.8, 4) is 11.1 Å². The fraction of sp³-hybridized carbons (Fsp3) is 0.310. The number of nitrogens with two attached hydrogens (primary N) is 1. The average Bonchev–Trinajstić information content (AvgIpc) is 3.50. The first kappa shape index (κ1) is 27.9. The van der Waals surface area contributed by atoms with Crippen LogP contribution in [0.3, 0.4) is 0 Å². The summed E-state index contributed by atoms with van der Waals surface area (Å²) < 4.78 is 35.3. The van der Waals surface area contributed by atoms with E-state index in [1.165, 1.54) is 6.07 Å². The molecule has 2 aromatic carbocycles. The number of amides is 1. The Morgan fingerprint density at radius 3 is 2.70 bits per heavy atom. The number of esters is 1. The van der Waals surface area contributed by atoms with Gasteiger partial charge in [-0.2, -0.15) is 0 Å². The maximum atomic E-state index is 13.2. The van der Waals surface area contributed by atoms with E-state index in [0.717, 1.165) is 11.8 Å². The van der Waals surface area contributed by atoms with Crippen molar-refractivity contribution < 1.29 is 27.2 Å². The van der Waals surface area contributed by atoms with Crippen LogP contribution in [0.2, 0.25) is 5.02 Å². The van der Waals surface area contributed by atoms with Gasteiger partial charge in [-0.15, -0.1) is 0 Å². The Morgan fingerprint density at radius 2 is 1.98 bits per heavy atom. The van der Waals surface area contributed by atoms with Crippen molar-refractivity contribution in [2.24, 2.45) is 5.73 Å². The molecule has 1 spiro atoms. The molecule has 2 aliphatic heterocycles. The van der Waals surface area contributed by atoms with Crippen LogP contribution in [0.25, 0.3) is 16.7 Å². The SMILES string of the molecule is Cc1cc(-c2cccc(S(C)(=O)=O)c2)c(Cl)cc1C1=C(N)C2(CCCN(CC(=O)NCc3ccco3)C2)OC1=O. The first-order valence-electron chi connectivity index (χ1n) is 12.8. The van der Waals surface area contributed by atoms with Crippen molar-refractivity contribution in [2.75, 3.05) is 25.9 Å². The molecule has 11 heteroatoms. The van der Waals surface area contributed by atoms with Crippen LogP contribution in [0, 0.1) is 6.92 Å². The molecule has 0 bridgehead atoms. The van der Waals surface area contributed by atoms with Gasteiger partial charge in [0.25, 0.3) is 0 Å². The van der Waals surface area contributed by atoms with Gasteiger partial charge in [0.2, 0.25) is 5.91 Å². The number of piperidine rings is 1. The number of rotatable bonds is 7. The standard InChI is InChI=1S/C29H30ClN3O6S/c1-18-12-23(19-6-3-8-21(13-19)40(2,36)37)24(30)14-22(18)26-27(31)29(39-28(26)35)9-5-10-33(17-29)16-25(34)32-15-20-7-4-11-38-20/h3-4,6-8,11-14H,5,9-10,15-17,31H2,1-2H3,(H,32,34). The number of ether oxygens (including phenoxy) is 1. The Bertz CT molecular complexity index is 1620. The van der Waals surface area contributed by atoms with E-state index >= 15 is 0 Å².